The Morgan fingerprint density at radius 3 is 2.14 bits per heavy atom. The van der Waals surface area contributed by atoms with Gasteiger partial charge >= 0.3 is 10.3 Å². The first-order valence-corrected chi connectivity index (χ1v) is 16.0. The Morgan fingerprint density at radius 1 is 0.976 bits per heavy atom. The molecule has 0 bridgehead atoms. The predicted molar refractivity (Wildman–Crippen MR) is 156 cm³/mol. The van der Waals surface area contributed by atoms with Crippen molar-refractivity contribution in [2.75, 3.05) is 33.7 Å². The highest BCUT2D eigenvalue weighted by atomic mass is 32.2. The summed E-state index contributed by atoms with van der Waals surface area (Å²) in [6.07, 6.45) is 0.260. The zero-order valence-electron chi connectivity index (χ0n) is 23.6. The first-order chi connectivity index (χ1) is 19.8. The van der Waals surface area contributed by atoms with Gasteiger partial charge in [-0.25, -0.2) is 8.42 Å². The third kappa shape index (κ3) is 6.16. The molecule has 1 aliphatic rings. The highest BCUT2D eigenvalue weighted by molar-refractivity contribution is 7.89. The Balaban J connectivity index is 1.80. The number of hydrogen-bond acceptors (Lipinski definition) is 8. The SMILES string of the molecule is CCN(CC)C(=O)c1ccc(C2c3ccc(OS(=O)(=O)N(C)C)cc3CCN2S(=O)(=O)c2ccc([N+](=O)[O-])cc2)cc1. The Labute approximate surface area is 245 Å². The second-order valence-corrected chi connectivity index (χ2v) is 13.4. The Bertz CT molecular complexity index is 1690. The molecule has 224 valence electrons. The van der Waals surface area contributed by atoms with Crippen molar-refractivity contribution >= 4 is 31.9 Å². The van der Waals surface area contributed by atoms with Crippen LogP contribution in [0, 0.1) is 10.1 Å². The van der Waals surface area contributed by atoms with Crippen LogP contribution in [0.4, 0.5) is 5.69 Å². The molecule has 1 aliphatic heterocycles. The molecule has 0 N–H and O–H groups in total. The van der Waals surface area contributed by atoms with Crippen molar-refractivity contribution in [2.24, 2.45) is 0 Å². The van der Waals surface area contributed by atoms with Gasteiger partial charge in [0.2, 0.25) is 10.0 Å². The topological polar surface area (TPSA) is 147 Å². The molecule has 3 aromatic rings. The van der Waals surface area contributed by atoms with E-state index < -0.39 is 31.3 Å². The summed E-state index contributed by atoms with van der Waals surface area (Å²) in [4.78, 5) is 25.0. The number of carbonyl (C=O) groups excluding carboxylic acids is 1. The van der Waals surface area contributed by atoms with Crippen LogP contribution in [0.2, 0.25) is 0 Å². The molecule has 14 heteroatoms. The molecule has 1 unspecified atom stereocenters. The molecular formula is C28H32N4O8S2. The van der Waals surface area contributed by atoms with Crippen LogP contribution < -0.4 is 4.18 Å². The average molecular weight is 617 g/mol. The van der Waals surface area contributed by atoms with Gasteiger partial charge < -0.3 is 9.08 Å². The molecule has 0 spiro atoms. The number of nitrogens with zero attached hydrogens (tertiary/aromatic N) is 4. The normalized spacial score (nSPS) is 15.7. The summed E-state index contributed by atoms with van der Waals surface area (Å²) in [5, 5.41) is 11.1. The molecule has 0 aromatic heterocycles. The van der Waals surface area contributed by atoms with E-state index >= 15 is 0 Å². The van der Waals surface area contributed by atoms with Crippen LogP contribution in [0.1, 0.15) is 46.9 Å². The van der Waals surface area contributed by atoms with Crippen LogP contribution in [-0.2, 0) is 26.7 Å². The summed E-state index contributed by atoms with van der Waals surface area (Å²) >= 11 is 0. The zero-order chi connectivity index (χ0) is 30.8. The van der Waals surface area contributed by atoms with E-state index in [1.165, 1.54) is 36.6 Å². The predicted octanol–water partition coefficient (Wildman–Crippen LogP) is 3.60. The molecule has 0 aliphatic carbocycles. The molecule has 0 radical (unpaired) electrons. The molecular weight excluding hydrogens is 584 g/mol. The smallest absolute Gasteiger partial charge is 0.371 e. The highest BCUT2D eigenvalue weighted by Crippen LogP contribution is 2.40. The highest BCUT2D eigenvalue weighted by Gasteiger charge is 2.38. The van der Waals surface area contributed by atoms with Crippen LogP contribution in [-0.4, -0.2) is 74.9 Å². The number of hydrogen-bond donors (Lipinski definition) is 0. The molecule has 1 heterocycles. The second-order valence-electron chi connectivity index (χ2n) is 9.80. The number of nitro benzene ring substituents is 1. The fourth-order valence-corrected chi connectivity index (χ4v) is 6.90. The van der Waals surface area contributed by atoms with Gasteiger partial charge in [0.1, 0.15) is 5.75 Å². The van der Waals surface area contributed by atoms with Crippen molar-refractivity contribution in [1.29, 1.82) is 0 Å². The minimum Gasteiger partial charge on any atom is -0.371 e. The fraction of sp³-hybridized carbons (Fsp3) is 0.321. The molecule has 42 heavy (non-hydrogen) atoms. The van der Waals surface area contributed by atoms with Gasteiger partial charge in [0, 0.05) is 51.4 Å². The van der Waals surface area contributed by atoms with Crippen molar-refractivity contribution in [3.05, 3.63) is 99.1 Å². The van der Waals surface area contributed by atoms with Gasteiger partial charge in [-0.2, -0.15) is 17.0 Å². The monoisotopic (exact) mass is 616 g/mol. The van der Waals surface area contributed by atoms with Crippen LogP contribution >= 0.6 is 0 Å². The third-order valence-electron chi connectivity index (χ3n) is 7.13. The second kappa shape index (κ2) is 12.2. The first kappa shape index (κ1) is 31.1. The van der Waals surface area contributed by atoms with E-state index in [0.717, 1.165) is 16.4 Å². The zero-order valence-corrected chi connectivity index (χ0v) is 25.3. The van der Waals surface area contributed by atoms with Crippen LogP contribution in [0.25, 0.3) is 0 Å². The standard InChI is InChI=1S/C28H32N4O8S2/c1-5-30(6-2)28(33)21-9-7-20(8-10-21)27-26-16-13-24(40-42(38,39)29(3)4)19-22(26)17-18-31(27)41(36,37)25-14-11-23(12-15-25)32(34)35/h7-16,19,27H,5-6,17-18H2,1-4H3. The summed E-state index contributed by atoms with van der Waals surface area (Å²) in [5.41, 5.74) is 2.13. The van der Waals surface area contributed by atoms with Gasteiger partial charge in [-0.05, 0) is 73.4 Å². The summed E-state index contributed by atoms with van der Waals surface area (Å²) in [6.45, 7) is 4.90. The maximum absolute atomic E-state index is 13.9. The number of rotatable bonds is 10. The van der Waals surface area contributed by atoms with E-state index in [1.54, 1.807) is 41.3 Å². The average Bonchev–Trinajstić information content (AvgIpc) is 2.96. The fourth-order valence-electron chi connectivity index (χ4n) is 4.81. The van der Waals surface area contributed by atoms with Crippen molar-refractivity contribution in [3.63, 3.8) is 0 Å². The number of fused-ring (bicyclic) bond motifs is 1. The maximum Gasteiger partial charge on any atom is 0.384 e. The van der Waals surface area contributed by atoms with Gasteiger partial charge in [0.25, 0.3) is 11.6 Å². The first-order valence-electron chi connectivity index (χ1n) is 13.2. The Morgan fingerprint density at radius 2 is 1.60 bits per heavy atom. The molecule has 1 amide bonds. The molecule has 0 fully saturated rings. The van der Waals surface area contributed by atoms with E-state index in [0.29, 0.717) is 35.3 Å². The molecule has 4 rings (SSSR count). The van der Waals surface area contributed by atoms with Crippen molar-refractivity contribution in [2.45, 2.75) is 31.2 Å². The number of amides is 1. The van der Waals surface area contributed by atoms with E-state index in [4.69, 9.17) is 4.18 Å². The Hall–Kier alpha value is -3.85. The van der Waals surface area contributed by atoms with Crippen LogP contribution in [0.3, 0.4) is 0 Å². The molecule has 12 nitrogen and oxygen atoms in total. The third-order valence-corrected chi connectivity index (χ3v) is 10.3. The minimum atomic E-state index is -4.14. The number of non-ortho nitro benzene ring substituents is 1. The van der Waals surface area contributed by atoms with Crippen LogP contribution in [0.15, 0.2) is 71.6 Å². The lowest BCUT2D eigenvalue weighted by atomic mass is 9.89. The van der Waals surface area contributed by atoms with Gasteiger partial charge in [0.05, 0.1) is 15.9 Å². The van der Waals surface area contributed by atoms with Gasteiger partial charge in [0.15, 0.2) is 0 Å². The van der Waals surface area contributed by atoms with E-state index in [2.05, 4.69) is 0 Å². The maximum atomic E-state index is 13.9. The van der Waals surface area contributed by atoms with Gasteiger partial charge in [-0.3, -0.25) is 14.9 Å². The van der Waals surface area contributed by atoms with E-state index in [1.807, 2.05) is 13.8 Å². The Kier molecular flexibility index (Phi) is 9.01. The molecule has 0 saturated carbocycles. The lowest BCUT2D eigenvalue weighted by molar-refractivity contribution is -0.384. The summed E-state index contributed by atoms with van der Waals surface area (Å²) in [5.74, 6) is -0.0529. The summed E-state index contributed by atoms with van der Waals surface area (Å²) in [7, 11) is -5.45. The summed E-state index contributed by atoms with van der Waals surface area (Å²) in [6, 6.07) is 15.3. The molecule has 0 saturated heterocycles. The van der Waals surface area contributed by atoms with Crippen molar-refractivity contribution in [1.82, 2.24) is 13.5 Å². The number of sulfonamides is 1. The molecule has 3 aromatic carbocycles. The lowest BCUT2D eigenvalue weighted by Gasteiger charge is -2.37. The van der Waals surface area contributed by atoms with Crippen molar-refractivity contribution in [3.8, 4) is 5.75 Å². The number of benzene rings is 3. The minimum absolute atomic E-state index is 0.0427. The quantitative estimate of drug-likeness (QED) is 0.248. The number of nitro groups is 1. The lowest BCUT2D eigenvalue weighted by Crippen LogP contribution is -2.40. The number of carbonyl (C=O) groups is 1. The van der Waals surface area contributed by atoms with Gasteiger partial charge in [-0.1, -0.05) is 18.2 Å². The largest absolute Gasteiger partial charge is 0.384 e. The van der Waals surface area contributed by atoms with E-state index in [-0.39, 0.29) is 35.2 Å². The van der Waals surface area contributed by atoms with Crippen LogP contribution in [0.5, 0.6) is 5.75 Å². The van der Waals surface area contributed by atoms with Gasteiger partial charge in [-0.15, -0.1) is 0 Å². The van der Waals surface area contributed by atoms with Crippen molar-refractivity contribution < 1.29 is 30.7 Å². The van der Waals surface area contributed by atoms with E-state index in [9.17, 15) is 31.7 Å². The summed E-state index contributed by atoms with van der Waals surface area (Å²) < 4.78 is 59.9. The molecule has 1 atom stereocenters.